The van der Waals surface area contributed by atoms with Gasteiger partial charge in [0, 0.05) is 22.2 Å². The van der Waals surface area contributed by atoms with Gasteiger partial charge in [-0.05, 0) is 138 Å². The number of hydrogen-bond acceptors (Lipinski definition) is 1. The van der Waals surface area contributed by atoms with Gasteiger partial charge in [-0.25, -0.2) is 0 Å². The largest absolute Gasteiger partial charge is 0.309 e. The summed E-state index contributed by atoms with van der Waals surface area (Å²) in [6, 6.07) is 88.7. The quantitative estimate of drug-likeness (QED) is 0.137. The van der Waals surface area contributed by atoms with Crippen molar-refractivity contribution in [3.8, 4) is 44.5 Å². The number of benzene rings is 11. The van der Waals surface area contributed by atoms with Crippen LogP contribution in [0.3, 0.4) is 0 Å². The first kappa shape index (κ1) is 41.2. The Bertz CT molecular complexity index is 3720. The Morgan fingerprint density at radius 3 is 1.74 bits per heavy atom. The second kappa shape index (κ2) is 17.0. The summed E-state index contributed by atoms with van der Waals surface area (Å²) in [5.74, 6) is 0.566. The van der Waals surface area contributed by atoms with Crippen molar-refractivity contribution in [2.24, 2.45) is 0 Å². The first-order valence-corrected chi connectivity index (χ1v) is 25.0. The lowest BCUT2D eigenvalue weighted by atomic mass is 9.74. The summed E-state index contributed by atoms with van der Waals surface area (Å²) >= 11 is 0. The molecule has 1 saturated carbocycles. The zero-order chi connectivity index (χ0) is 45.9. The van der Waals surface area contributed by atoms with E-state index >= 15 is 0 Å². The highest BCUT2D eigenvalue weighted by Crippen LogP contribution is 2.57. The van der Waals surface area contributed by atoms with Crippen molar-refractivity contribution < 1.29 is 0 Å². The normalized spacial score (nSPS) is 15.6. The maximum atomic E-state index is 2.55. The van der Waals surface area contributed by atoms with Crippen LogP contribution in [0, 0.1) is 0 Å². The van der Waals surface area contributed by atoms with E-state index in [1.54, 1.807) is 0 Å². The van der Waals surface area contributed by atoms with Gasteiger partial charge >= 0.3 is 0 Å². The lowest BCUT2D eigenvalue weighted by Crippen LogP contribution is -2.22. The predicted octanol–water partition coefficient (Wildman–Crippen LogP) is 19.0. The molecule has 0 aliphatic heterocycles. The summed E-state index contributed by atoms with van der Waals surface area (Å²) < 4.78 is 0. The van der Waals surface area contributed by atoms with Crippen LogP contribution in [0.2, 0.25) is 0 Å². The van der Waals surface area contributed by atoms with Gasteiger partial charge in [0.2, 0.25) is 0 Å². The Labute approximate surface area is 406 Å². The predicted molar refractivity (Wildman–Crippen MR) is 293 cm³/mol. The molecule has 0 radical (unpaired) electrons. The van der Waals surface area contributed by atoms with Gasteiger partial charge in [-0.3, -0.25) is 0 Å². The minimum absolute atomic E-state index is 0.307. The lowest BCUT2D eigenvalue weighted by Gasteiger charge is -2.31. The molecular weight excluding hydrogens is 831 g/mol. The number of hydrogen-bond donors (Lipinski definition) is 0. The minimum atomic E-state index is -0.307. The summed E-state index contributed by atoms with van der Waals surface area (Å²) in [5.41, 5.74) is 18.6. The molecule has 1 atom stereocenters. The Kier molecular flexibility index (Phi) is 10.1. The number of rotatable bonds is 8. The second-order valence-corrected chi connectivity index (χ2v) is 19.5. The molecule has 1 fully saturated rings. The van der Waals surface area contributed by atoms with E-state index in [0.717, 1.165) is 17.1 Å². The monoisotopic (exact) mass is 883 g/mol. The molecule has 0 saturated heterocycles. The van der Waals surface area contributed by atoms with Gasteiger partial charge < -0.3 is 4.90 Å². The zero-order valence-corrected chi connectivity index (χ0v) is 39.1. The van der Waals surface area contributed by atoms with E-state index in [9.17, 15) is 0 Å². The van der Waals surface area contributed by atoms with E-state index in [1.165, 1.54) is 131 Å². The molecule has 1 unspecified atom stereocenters. The number of para-hydroxylation sites is 2. The first-order valence-electron chi connectivity index (χ1n) is 25.0. The van der Waals surface area contributed by atoms with E-state index in [0.29, 0.717) is 5.92 Å². The van der Waals surface area contributed by atoms with E-state index in [-0.39, 0.29) is 5.41 Å². The highest BCUT2D eigenvalue weighted by atomic mass is 15.1. The molecule has 69 heavy (non-hydrogen) atoms. The molecule has 0 aromatic heterocycles. The van der Waals surface area contributed by atoms with Crippen LogP contribution >= 0.6 is 0 Å². The van der Waals surface area contributed by atoms with Crippen LogP contribution in [0.5, 0.6) is 0 Å². The SMILES string of the molecule is CC1(c2ccccc2)c2ccccc2-c2c(-c3ccccc3N(c3ccc(-c4cccc5c4ccc4ccccc45)cc3)c3ccccc3-c3cccc4cccc(C5CCCCC5)c34)cccc21. The fourth-order valence-corrected chi connectivity index (χ4v) is 12.5. The summed E-state index contributed by atoms with van der Waals surface area (Å²) in [4.78, 5) is 2.55. The third kappa shape index (κ3) is 6.74. The van der Waals surface area contributed by atoms with Crippen molar-refractivity contribution in [3.63, 3.8) is 0 Å². The highest BCUT2D eigenvalue weighted by molar-refractivity contribution is 6.12. The van der Waals surface area contributed by atoms with Gasteiger partial charge in [0.25, 0.3) is 0 Å². The molecule has 2 aliphatic rings. The molecule has 11 aromatic carbocycles. The van der Waals surface area contributed by atoms with Crippen molar-refractivity contribution in [2.45, 2.75) is 50.4 Å². The lowest BCUT2D eigenvalue weighted by molar-refractivity contribution is 0.445. The van der Waals surface area contributed by atoms with Crippen molar-refractivity contribution in [2.75, 3.05) is 4.90 Å². The van der Waals surface area contributed by atoms with Crippen LogP contribution in [0.25, 0.3) is 76.8 Å². The molecule has 13 rings (SSSR count). The van der Waals surface area contributed by atoms with Crippen LogP contribution in [0.4, 0.5) is 17.1 Å². The van der Waals surface area contributed by atoms with Gasteiger partial charge in [-0.15, -0.1) is 0 Å². The summed E-state index contributed by atoms with van der Waals surface area (Å²) in [6.07, 6.45) is 6.44. The Morgan fingerprint density at radius 1 is 0.377 bits per heavy atom. The molecule has 0 heterocycles. The van der Waals surface area contributed by atoms with Gasteiger partial charge in [-0.1, -0.05) is 232 Å². The van der Waals surface area contributed by atoms with Crippen molar-refractivity contribution in [1.29, 1.82) is 0 Å². The van der Waals surface area contributed by atoms with Crippen molar-refractivity contribution >= 4 is 49.4 Å². The molecule has 0 spiro atoms. The Hall–Kier alpha value is -8.00. The number of anilines is 3. The van der Waals surface area contributed by atoms with Gasteiger partial charge in [-0.2, -0.15) is 0 Å². The maximum Gasteiger partial charge on any atom is 0.0540 e. The number of fused-ring (bicyclic) bond motifs is 7. The standard InChI is InChI=1S/C68H53N/c1-68(50-25-6-3-7-26-50)62-36-13-10-30-61(62)67-60(35-19-37-63(67)68)58-29-12-15-39-65(58)69(51-43-40-48(41-44-51)53-31-18-33-55-52-27-9-8-22-47(52)42-45-56(53)55)64-38-14-11-28-57(64)59-34-17-24-49-23-16-32-54(66(49)59)46-20-4-2-5-21-46/h3,6-19,22-46H,2,4-5,20-21H2,1H3. The van der Waals surface area contributed by atoms with Crippen LogP contribution < -0.4 is 4.90 Å². The maximum absolute atomic E-state index is 2.55. The van der Waals surface area contributed by atoms with Crippen LogP contribution in [-0.4, -0.2) is 0 Å². The molecule has 1 nitrogen and oxygen atoms in total. The van der Waals surface area contributed by atoms with Crippen molar-refractivity contribution in [1.82, 2.24) is 0 Å². The third-order valence-electron chi connectivity index (χ3n) is 15.8. The molecule has 330 valence electrons. The van der Waals surface area contributed by atoms with Crippen molar-refractivity contribution in [3.05, 3.63) is 259 Å². The van der Waals surface area contributed by atoms with Gasteiger partial charge in [0.1, 0.15) is 0 Å². The zero-order valence-electron chi connectivity index (χ0n) is 39.1. The van der Waals surface area contributed by atoms with Gasteiger partial charge in [0.15, 0.2) is 0 Å². The fraction of sp³-hybridized carbons (Fsp3) is 0.118. The van der Waals surface area contributed by atoms with E-state index in [2.05, 4.69) is 248 Å². The summed E-state index contributed by atoms with van der Waals surface area (Å²) in [5, 5.41) is 7.80. The average Bonchev–Trinajstić information content (AvgIpc) is 3.70. The number of nitrogens with zero attached hydrogens (tertiary/aromatic N) is 1. The van der Waals surface area contributed by atoms with E-state index < -0.39 is 0 Å². The van der Waals surface area contributed by atoms with Gasteiger partial charge in [0.05, 0.1) is 11.4 Å². The molecular formula is C68H53N. The van der Waals surface area contributed by atoms with Crippen LogP contribution in [0.1, 0.15) is 67.2 Å². The average molecular weight is 884 g/mol. The topological polar surface area (TPSA) is 3.24 Å². The smallest absolute Gasteiger partial charge is 0.0540 e. The molecule has 0 amide bonds. The second-order valence-electron chi connectivity index (χ2n) is 19.5. The summed E-state index contributed by atoms with van der Waals surface area (Å²) in [6.45, 7) is 2.41. The fourth-order valence-electron chi connectivity index (χ4n) is 12.5. The molecule has 0 N–H and O–H groups in total. The van der Waals surface area contributed by atoms with Crippen LogP contribution in [0.15, 0.2) is 237 Å². The molecule has 11 aromatic rings. The van der Waals surface area contributed by atoms with Crippen LogP contribution in [-0.2, 0) is 5.41 Å². The highest BCUT2D eigenvalue weighted by Gasteiger charge is 2.42. The third-order valence-corrected chi connectivity index (χ3v) is 15.8. The Morgan fingerprint density at radius 2 is 0.942 bits per heavy atom. The minimum Gasteiger partial charge on any atom is -0.309 e. The molecule has 2 aliphatic carbocycles. The van der Waals surface area contributed by atoms with E-state index in [1.807, 2.05) is 0 Å². The summed E-state index contributed by atoms with van der Waals surface area (Å²) in [7, 11) is 0. The Balaban J connectivity index is 1.04. The van der Waals surface area contributed by atoms with E-state index in [4.69, 9.17) is 0 Å². The molecule has 1 heteroatoms. The molecule has 0 bridgehead atoms. The first-order chi connectivity index (χ1) is 34.1.